The number of carbonyl (C=O) groups is 2. The van der Waals surface area contributed by atoms with Gasteiger partial charge in [0.2, 0.25) is 0 Å². The molecule has 0 saturated carbocycles. The van der Waals surface area contributed by atoms with Crippen LogP contribution in [-0.4, -0.2) is 37.8 Å². The van der Waals surface area contributed by atoms with Crippen molar-refractivity contribution >= 4 is 23.5 Å². The van der Waals surface area contributed by atoms with Gasteiger partial charge >= 0.3 is 5.97 Å². The average Bonchev–Trinajstić information content (AvgIpc) is 2.89. The van der Waals surface area contributed by atoms with Crippen molar-refractivity contribution in [3.05, 3.63) is 40.3 Å². The third-order valence-corrected chi connectivity index (χ3v) is 4.03. The maximum Gasteiger partial charge on any atom is 0.326 e. The van der Waals surface area contributed by atoms with Crippen molar-refractivity contribution in [1.82, 2.24) is 20.1 Å². The highest BCUT2D eigenvalue weighted by Crippen LogP contribution is 2.18. The Labute approximate surface area is 151 Å². The fraction of sp³-hybridized carbons (Fsp3) is 0.412. The molecular formula is C17H21ClN4O3. The number of amides is 1. The SMILES string of the molecule is CCCCC(NC(=O)c1nc(-n2nc(C)cc2C)ccc1Cl)C(=O)O. The smallest absolute Gasteiger partial charge is 0.326 e. The first-order chi connectivity index (χ1) is 11.8. The van der Waals surface area contributed by atoms with Crippen LogP contribution in [0.5, 0.6) is 0 Å². The van der Waals surface area contributed by atoms with Gasteiger partial charge in [0.1, 0.15) is 11.7 Å². The molecule has 2 aromatic heterocycles. The van der Waals surface area contributed by atoms with Crippen LogP contribution in [0.15, 0.2) is 18.2 Å². The van der Waals surface area contributed by atoms with E-state index in [1.165, 1.54) is 0 Å². The fourth-order valence-corrected chi connectivity index (χ4v) is 2.65. The Hall–Kier alpha value is -2.41. The van der Waals surface area contributed by atoms with Crippen LogP contribution < -0.4 is 5.32 Å². The Morgan fingerprint density at radius 3 is 2.64 bits per heavy atom. The number of carboxylic acids is 1. The van der Waals surface area contributed by atoms with Crippen LogP contribution >= 0.6 is 11.6 Å². The number of aliphatic carboxylic acids is 1. The summed E-state index contributed by atoms with van der Waals surface area (Å²) in [5.41, 5.74) is 1.67. The first-order valence-corrected chi connectivity index (χ1v) is 8.45. The minimum atomic E-state index is -1.08. The number of nitrogens with zero attached hydrogens (tertiary/aromatic N) is 3. The molecule has 2 N–H and O–H groups in total. The number of aromatic nitrogens is 3. The number of halogens is 1. The van der Waals surface area contributed by atoms with E-state index in [9.17, 15) is 14.7 Å². The maximum absolute atomic E-state index is 12.5. The van der Waals surface area contributed by atoms with Gasteiger partial charge in [0, 0.05) is 5.69 Å². The van der Waals surface area contributed by atoms with Crippen LogP contribution in [-0.2, 0) is 4.79 Å². The van der Waals surface area contributed by atoms with Gasteiger partial charge in [-0.2, -0.15) is 5.10 Å². The quantitative estimate of drug-likeness (QED) is 0.787. The number of aryl methyl sites for hydroxylation is 2. The van der Waals surface area contributed by atoms with E-state index in [-0.39, 0.29) is 10.7 Å². The van der Waals surface area contributed by atoms with Gasteiger partial charge in [-0.05, 0) is 38.5 Å². The lowest BCUT2D eigenvalue weighted by Crippen LogP contribution is -2.41. The molecule has 0 fully saturated rings. The molecule has 0 spiro atoms. The van der Waals surface area contributed by atoms with E-state index in [0.29, 0.717) is 18.7 Å². The summed E-state index contributed by atoms with van der Waals surface area (Å²) in [7, 11) is 0. The van der Waals surface area contributed by atoms with E-state index < -0.39 is 17.9 Å². The third kappa shape index (κ3) is 4.57. The molecule has 1 amide bonds. The first-order valence-electron chi connectivity index (χ1n) is 8.07. The molecule has 1 atom stereocenters. The van der Waals surface area contributed by atoms with Crippen molar-refractivity contribution in [2.75, 3.05) is 0 Å². The van der Waals surface area contributed by atoms with Crippen LogP contribution in [0.2, 0.25) is 5.02 Å². The minimum absolute atomic E-state index is 0.0190. The van der Waals surface area contributed by atoms with Gasteiger partial charge in [-0.25, -0.2) is 14.5 Å². The predicted octanol–water partition coefficient (Wildman–Crippen LogP) is 2.91. The zero-order valence-electron chi connectivity index (χ0n) is 14.4. The van der Waals surface area contributed by atoms with Crippen molar-refractivity contribution in [2.24, 2.45) is 0 Å². The molecule has 1 unspecified atom stereocenters. The number of carbonyl (C=O) groups excluding carboxylic acids is 1. The van der Waals surface area contributed by atoms with E-state index >= 15 is 0 Å². The molecule has 0 aliphatic heterocycles. The zero-order chi connectivity index (χ0) is 18.6. The molecule has 25 heavy (non-hydrogen) atoms. The van der Waals surface area contributed by atoms with Crippen LogP contribution in [0.3, 0.4) is 0 Å². The second-order valence-corrected chi connectivity index (χ2v) is 6.25. The van der Waals surface area contributed by atoms with Gasteiger partial charge in [-0.3, -0.25) is 4.79 Å². The summed E-state index contributed by atoms with van der Waals surface area (Å²) in [5.74, 6) is -1.25. The summed E-state index contributed by atoms with van der Waals surface area (Å²) >= 11 is 6.09. The summed E-state index contributed by atoms with van der Waals surface area (Å²) in [6, 6.07) is 4.13. The second-order valence-electron chi connectivity index (χ2n) is 5.85. The molecule has 2 rings (SSSR count). The van der Waals surface area contributed by atoms with Crippen molar-refractivity contribution < 1.29 is 14.7 Å². The van der Waals surface area contributed by atoms with Crippen molar-refractivity contribution in [3.8, 4) is 5.82 Å². The molecule has 0 saturated heterocycles. The third-order valence-electron chi connectivity index (χ3n) is 3.72. The summed E-state index contributed by atoms with van der Waals surface area (Å²) in [6.45, 7) is 5.69. The molecule has 2 heterocycles. The number of pyridine rings is 1. The number of hydrogen-bond acceptors (Lipinski definition) is 4. The fourth-order valence-electron chi connectivity index (χ4n) is 2.46. The maximum atomic E-state index is 12.5. The highest BCUT2D eigenvalue weighted by atomic mass is 35.5. The largest absolute Gasteiger partial charge is 0.480 e. The number of carboxylic acid groups (broad SMARTS) is 1. The van der Waals surface area contributed by atoms with Crippen LogP contribution in [0.4, 0.5) is 0 Å². The highest BCUT2D eigenvalue weighted by Gasteiger charge is 2.23. The van der Waals surface area contributed by atoms with Gasteiger partial charge < -0.3 is 10.4 Å². The molecule has 0 radical (unpaired) electrons. The van der Waals surface area contributed by atoms with Crippen LogP contribution in [0, 0.1) is 13.8 Å². The molecule has 2 aromatic rings. The highest BCUT2D eigenvalue weighted by molar-refractivity contribution is 6.33. The molecule has 8 heteroatoms. The van der Waals surface area contributed by atoms with Gasteiger partial charge in [-0.1, -0.05) is 31.4 Å². The lowest BCUT2D eigenvalue weighted by atomic mass is 10.1. The number of unbranched alkanes of at least 4 members (excludes halogenated alkanes) is 1. The summed E-state index contributed by atoms with van der Waals surface area (Å²) < 4.78 is 1.61. The number of hydrogen-bond donors (Lipinski definition) is 2. The molecule has 0 aromatic carbocycles. The first kappa shape index (κ1) is 18.9. The van der Waals surface area contributed by atoms with Gasteiger partial charge in [0.05, 0.1) is 10.7 Å². The Balaban J connectivity index is 2.28. The van der Waals surface area contributed by atoms with Crippen molar-refractivity contribution in [1.29, 1.82) is 0 Å². The normalized spacial score (nSPS) is 12.0. The predicted molar refractivity (Wildman–Crippen MR) is 94.3 cm³/mol. The van der Waals surface area contributed by atoms with Crippen LogP contribution in [0.25, 0.3) is 5.82 Å². The summed E-state index contributed by atoms with van der Waals surface area (Å²) in [4.78, 5) is 28.0. The molecule has 7 nitrogen and oxygen atoms in total. The Morgan fingerprint density at radius 1 is 1.36 bits per heavy atom. The lowest BCUT2D eigenvalue weighted by Gasteiger charge is -2.15. The average molecular weight is 365 g/mol. The van der Waals surface area contributed by atoms with E-state index in [1.807, 2.05) is 26.8 Å². The minimum Gasteiger partial charge on any atom is -0.480 e. The van der Waals surface area contributed by atoms with Gasteiger partial charge in [0.25, 0.3) is 5.91 Å². The summed E-state index contributed by atoms with van der Waals surface area (Å²) in [5, 5.41) is 16.2. The molecule has 0 bridgehead atoms. The van der Waals surface area contributed by atoms with Crippen molar-refractivity contribution in [3.63, 3.8) is 0 Å². The number of rotatable bonds is 7. The van der Waals surface area contributed by atoms with E-state index in [0.717, 1.165) is 17.8 Å². The molecule has 0 aliphatic carbocycles. The molecule has 134 valence electrons. The Bertz CT molecular complexity index is 788. The van der Waals surface area contributed by atoms with E-state index in [4.69, 9.17) is 11.6 Å². The Morgan fingerprint density at radius 2 is 2.08 bits per heavy atom. The molecule has 0 aliphatic rings. The van der Waals surface area contributed by atoms with Crippen molar-refractivity contribution in [2.45, 2.75) is 46.1 Å². The Kier molecular flexibility index (Phi) is 6.14. The zero-order valence-corrected chi connectivity index (χ0v) is 15.2. The van der Waals surface area contributed by atoms with E-state index in [2.05, 4.69) is 15.4 Å². The second kappa shape index (κ2) is 8.11. The lowest BCUT2D eigenvalue weighted by molar-refractivity contribution is -0.139. The molecular weight excluding hydrogens is 344 g/mol. The number of nitrogens with one attached hydrogen (secondary N) is 1. The summed E-state index contributed by atoms with van der Waals surface area (Å²) in [6.07, 6.45) is 1.89. The van der Waals surface area contributed by atoms with E-state index in [1.54, 1.807) is 16.8 Å². The van der Waals surface area contributed by atoms with Gasteiger partial charge in [0.15, 0.2) is 5.82 Å². The van der Waals surface area contributed by atoms with Gasteiger partial charge in [-0.15, -0.1) is 0 Å². The van der Waals surface area contributed by atoms with Crippen LogP contribution in [0.1, 0.15) is 48.1 Å². The monoisotopic (exact) mass is 364 g/mol. The standard InChI is InChI=1S/C17H21ClN4O3/c1-4-5-6-13(17(24)25)19-16(23)15-12(18)7-8-14(20-15)22-11(3)9-10(2)21-22/h7-9,13H,4-6H2,1-3H3,(H,19,23)(H,24,25). The topological polar surface area (TPSA) is 97.1 Å².